The Hall–Kier alpha value is -2.29. The number of carbonyl (C=O) groups is 1. The van der Waals surface area contributed by atoms with Gasteiger partial charge in [0.15, 0.2) is 0 Å². The third kappa shape index (κ3) is 2.45. The molecule has 1 saturated heterocycles. The maximum absolute atomic E-state index is 13.0. The SMILES string of the molecule is O=C(c1ccc2c(c1)C1C3CCC(C3)C1C(c1ccccc1)N2)N1CCCC1. The molecule has 4 aliphatic rings. The van der Waals surface area contributed by atoms with E-state index in [1.807, 2.05) is 11.0 Å². The van der Waals surface area contributed by atoms with Crippen molar-refractivity contribution in [1.29, 1.82) is 0 Å². The lowest BCUT2D eigenvalue weighted by molar-refractivity contribution is 0.0792. The van der Waals surface area contributed by atoms with Crippen molar-refractivity contribution < 1.29 is 4.79 Å². The van der Waals surface area contributed by atoms with Crippen LogP contribution in [0.2, 0.25) is 0 Å². The topological polar surface area (TPSA) is 32.3 Å². The number of fused-ring (bicyclic) bond motifs is 7. The molecule has 6 rings (SSSR count). The van der Waals surface area contributed by atoms with E-state index in [2.05, 4.69) is 47.8 Å². The number of hydrogen-bond acceptors (Lipinski definition) is 2. The predicted molar refractivity (Wildman–Crippen MR) is 111 cm³/mol. The average Bonchev–Trinajstić information content (AvgIpc) is 3.51. The Bertz CT molecular complexity index is 902. The van der Waals surface area contributed by atoms with Crippen LogP contribution in [0.25, 0.3) is 0 Å². The van der Waals surface area contributed by atoms with E-state index in [1.165, 1.54) is 36.1 Å². The number of likely N-dealkylation sites (tertiary alicyclic amines) is 1. The van der Waals surface area contributed by atoms with Crippen LogP contribution in [0.15, 0.2) is 48.5 Å². The summed E-state index contributed by atoms with van der Waals surface area (Å²) < 4.78 is 0. The van der Waals surface area contributed by atoms with Crippen LogP contribution in [-0.2, 0) is 0 Å². The Balaban J connectivity index is 1.41. The quantitative estimate of drug-likeness (QED) is 0.784. The molecule has 5 atom stereocenters. The molecule has 3 heteroatoms. The van der Waals surface area contributed by atoms with Gasteiger partial charge in [0.25, 0.3) is 5.91 Å². The lowest BCUT2D eigenvalue weighted by atomic mass is 9.68. The third-order valence-corrected chi connectivity index (χ3v) is 7.89. The molecule has 2 heterocycles. The molecule has 2 aliphatic heterocycles. The van der Waals surface area contributed by atoms with Crippen molar-refractivity contribution in [1.82, 2.24) is 4.90 Å². The van der Waals surface area contributed by atoms with Crippen LogP contribution in [-0.4, -0.2) is 23.9 Å². The number of amides is 1. The van der Waals surface area contributed by atoms with Crippen LogP contribution in [0, 0.1) is 17.8 Å². The molecule has 2 bridgehead atoms. The molecule has 1 N–H and O–H groups in total. The predicted octanol–water partition coefficient (Wildman–Crippen LogP) is 5.22. The van der Waals surface area contributed by atoms with Crippen molar-refractivity contribution in [3.8, 4) is 0 Å². The fraction of sp³-hybridized carbons (Fsp3) is 0.480. The summed E-state index contributed by atoms with van der Waals surface area (Å²) in [7, 11) is 0. The minimum absolute atomic E-state index is 0.227. The molecule has 2 aromatic rings. The Morgan fingerprint density at radius 1 is 0.964 bits per heavy atom. The highest BCUT2D eigenvalue weighted by Crippen LogP contribution is 2.63. The highest BCUT2D eigenvalue weighted by molar-refractivity contribution is 5.95. The van der Waals surface area contributed by atoms with Crippen LogP contribution in [0.3, 0.4) is 0 Å². The summed E-state index contributed by atoms with van der Waals surface area (Å²) in [4.78, 5) is 15.0. The van der Waals surface area contributed by atoms with E-state index in [-0.39, 0.29) is 5.91 Å². The molecule has 2 aromatic carbocycles. The first-order chi connectivity index (χ1) is 13.8. The van der Waals surface area contributed by atoms with Crippen LogP contribution >= 0.6 is 0 Å². The van der Waals surface area contributed by atoms with Crippen molar-refractivity contribution in [2.45, 2.75) is 44.1 Å². The summed E-state index contributed by atoms with van der Waals surface area (Å²) in [6.07, 6.45) is 6.39. The summed E-state index contributed by atoms with van der Waals surface area (Å²) >= 11 is 0. The molecular formula is C25H28N2O. The van der Waals surface area contributed by atoms with Gasteiger partial charge in [-0.05, 0) is 85.1 Å². The van der Waals surface area contributed by atoms with E-state index in [0.29, 0.717) is 17.9 Å². The van der Waals surface area contributed by atoms with E-state index < -0.39 is 0 Å². The Labute approximate surface area is 167 Å². The summed E-state index contributed by atoms with van der Waals surface area (Å²) in [5.74, 6) is 3.10. The van der Waals surface area contributed by atoms with Crippen molar-refractivity contribution in [2.75, 3.05) is 18.4 Å². The molecule has 0 aromatic heterocycles. The van der Waals surface area contributed by atoms with Crippen molar-refractivity contribution in [2.24, 2.45) is 17.8 Å². The molecule has 5 unspecified atom stereocenters. The molecule has 144 valence electrons. The van der Waals surface area contributed by atoms with Gasteiger partial charge in [0.1, 0.15) is 0 Å². The van der Waals surface area contributed by atoms with Crippen molar-refractivity contribution in [3.05, 3.63) is 65.2 Å². The number of rotatable bonds is 2. The summed E-state index contributed by atoms with van der Waals surface area (Å²) in [5.41, 5.74) is 4.96. The minimum Gasteiger partial charge on any atom is -0.378 e. The number of nitrogens with one attached hydrogen (secondary N) is 1. The second-order valence-electron chi connectivity index (χ2n) is 9.27. The standard InChI is InChI=1S/C25H28N2O/c28-25(27-12-4-5-13-27)19-10-11-21-20(15-19)22-17-8-9-18(14-17)23(22)24(26-21)16-6-2-1-3-7-16/h1-3,6-7,10-11,15,17-18,22-24,26H,4-5,8-9,12-14H2. The first-order valence-electron chi connectivity index (χ1n) is 11.0. The lowest BCUT2D eigenvalue weighted by Gasteiger charge is -2.43. The first kappa shape index (κ1) is 16.6. The lowest BCUT2D eigenvalue weighted by Crippen LogP contribution is -2.36. The van der Waals surface area contributed by atoms with E-state index in [0.717, 1.165) is 43.3 Å². The largest absolute Gasteiger partial charge is 0.378 e. The molecule has 0 spiro atoms. The summed E-state index contributed by atoms with van der Waals surface area (Å²) in [5, 5.41) is 3.88. The normalized spacial score (nSPS) is 32.7. The van der Waals surface area contributed by atoms with E-state index >= 15 is 0 Å². The van der Waals surface area contributed by atoms with Gasteiger partial charge in [-0.3, -0.25) is 4.79 Å². The zero-order valence-corrected chi connectivity index (χ0v) is 16.3. The van der Waals surface area contributed by atoms with Gasteiger partial charge in [-0.15, -0.1) is 0 Å². The minimum atomic E-state index is 0.227. The maximum Gasteiger partial charge on any atom is 0.253 e. The molecule has 1 amide bonds. The van der Waals surface area contributed by atoms with Crippen LogP contribution in [0.1, 0.15) is 65.5 Å². The van der Waals surface area contributed by atoms with Gasteiger partial charge < -0.3 is 10.2 Å². The fourth-order valence-corrected chi connectivity index (χ4v) is 6.71. The number of benzene rings is 2. The molecular weight excluding hydrogens is 344 g/mol. The zero-order chi connectivity index (χ0) is 18.7. The van der Waals surface area contributed by atoms with Crippen molar-refractivity contribution in [3.63, 3.8) is 0 Å². The highest BCUT2D eigenvalue weighted by Gasteiger charge is 2.53. The van der Waals surface area contributed by atoms with Gasteiger partial charge >= 0.3 is 0 Å². The van der Waals surface area contributed by atoms with Crippen LogP contribution < -0.4 is 5.32 Å². The number of carbonyl (C=O) groups excluding carboxylic acids is 1. The van der Waals surface area contributed by atoms with Gasteiger partial charge in [0.05, 0.1) is 6.04 Å². The van der Waals surface area contributed by atoms with Crippen molar-refractivity contribution >= 4 is 11.6 Å². The molecule has 28 heavy (non-hydrogen) atoms. The molecule has 3 fully saturated rings. The summed E-state index contributed by atoms with van der Waals surface area (Å²) in [6, 6.07) is 17.8. The molecule has 2 aliphatic carbocycles. The van der Waals surface area contributed by atoms with Gasteiger partial charge in [-0.25, -0.2) is 0 Å². The highest BCUT2D eigenvalue weighted by atomic mass is 16.2. The molecule has 2 saturated carbocycles. The second kappa shape index (κ2) is 6.37. The number of nitrogens with zero attached hydrogens (tertiary/aromatic N) is 1. The molecule has 3 nitrogen and oxygen atoms in total. The van der Waals surface area contributed by atoms with Gasteiger partial charge in [-0.1, -0.05) is 30.3 Å². The monoisotopic (exact) mass is 372 g/mol. The number of anilines is 1. The Morgan fingerprint density at radius 2 is 1.75 bits per heavy atom. The maximum atomic E-state index is 13.0. The fourth-order valence-electron chi connectivity index (χ4n) is 6.71. The van der Waals surface area contributed by atoms with Gasteiger partial charge in [0, 0.05) is 24.3 Å². The Kier molecular flexibility index (Phi) is 3.78. The smallest absolute Gasteiger partial charge is 0.253 e. The summed E-state index contributed by atoms with van der Waals surface area (Å²) in [6.45, 7) is 1.84. The van der Waals surface area contributed by atoms with Gasteiger partial charge in [0.2, 0.25) is 0 Å². The zero-order valence-electron chi connectivity index (χ0n) is 16.3. The second-order valence-corrected chi connectivity index (χ2v) is 9.27. The first-order valence-corrected chi connectivity index (χ1v) is 11.0. The van der Waals surface area contributed by atoms with E-state index in [1.54, 1.807) is 0 Å². The van der Waals surface area contributed by atoms with Gasteiger partial charge in [-0.2, -0.15) is 0 Å². The third-order valence-electron chi connectivity index (χ3n) is 7.89. The molecule has 0 radical (unpaired) electrons. The van der Waals surface area contributed by atoms with E-state index in [4.69, 9.17) is 0 Å². The Morgan fingerprint density at radius 3 is 2.57 bits per heavy atom. The van der Waals surface area contributed by atoms with Crippen LogP contribution in [0.5, 0.6) is 0 Å². The van der Waals surface area contributed by atoms with Crippen LogP contribution in [0.4, 0.5) is 5.69 Å². The number of hydrogen-bond donors (Lipinski definition) is 1. The average molecular weight is 373 g/mol. The van der Waals surface area contributed by atoms with E-state index in [9.17, 15) is 4.79 Å².